The highest BCUT2D eigenvalue weighted by Crippen LogP contribution is 2.42. The highest BCUT2D eigenvalue weighted by Gasteiger charge is 2.36. The summed E-state index contributed by atoms with van der Waals surface area (Å²) in [4.78, 5) is 38.8. The third-order valence-electron chi connectivity index (χ3n) is 7.19. The Hall–Kier alpha value is -3.37. The fraction of sp³-hybridized carbons (Fsp3) is 0.400. The van der Waals surface area contributed by atoms with Gasteiger partial charge in [-0.1, -0.05) is 6.07 Å². The van der Waals surface area contributed by atoms with Crippen LogP contribution in [0.15, 0.2) is 46.1 Å². The molecule has 0 saturated carbocycles. The van der Waals surface area contributed by atoms with Gasteiger partial charge in [0.25, 0.3) is 5.56 Å². The Morgan fingerprint density at radius 2 is 2.14 bits per heavy atom. The standard InChI is InChI=1S/C25H27N5O4S/c1-15(28-11-12-29-16(13-28)14-34-19-7-3-6-18(33-2)21(19)29)8-10-30-24(31)22-20(27-25(30)32)17-5-4-9-26-23(17)35-22/h3-7,9,15-16H,8,10-14H2,1-2H3,(H,27,32). The van der Waals surface area contributed by atoms with Crippen LogP contribution in [0.5, 0.6) is 11.5 Å². The van der Waals surface area contributed by atoms with Gasteiger partial charge in [0.2, 0.25) is 0 Å². The summed E-state index contributed by atoms with van der Waals surface area (Å²) in [7, 11) is 1.69. The molecule has 10 heteroatoms. The van der Waals surface area contributed by atoms with E-state index < -0.39 is 0 Å². The van der Waals surface area contributed by atoms with Crippen LogP contribution in [0.3, 0.4) is 0 Å². The van der Waals surface area contributed by atoms with E-state index in [4.69, 9.17) is 9.47 Å². The monoisotopic (exact) mass is 493 g/mol. The number of hydrogen-bond donors (Lipinski definition) is 1. The zero-order valence-corrected chi connectivity index (χ0v) is 20.5. The highest BCUT2D eigenvalue weighted by molar-refractivity contribution is 7.25. The molecule has 2 aliphatic rings. The smallest absolute Gasteiger partial charge is 0.328 e. The first-order chi connectivity index (χ1) is 17.0. The first-order valence-electron chi connectivity index (χ1n) is 11.9. The van der Waals surface area contributed by atoms with E-state index in [9.17, 15) is 9.59 Å². The molecule has 1 aromatic carbocycles. The van der Waals surface area contributed by atoms with Gasteiger partial charge in [-0.15, -0.1) is 11.3 Å². The Morgan fingerprint density at radius 1 is 1.26 bits per heavy atom. The molecule has 182 valence electrons. The number of aromatic amines is 1. The van der Waals surface area contributed by atoms with Crippen LogP contribution in [0.1, 0.15) is 13.3 Å². The Balaban J connectivity index is 1.18. The van der Waals surface area contributed by atoms with Crippen molar-refractivity contribution in [2.75, 3.05) is 38.3 Å². The second-order valence-electron chi connectivity index (χ2n) is 9.15. The van der Waals surface area contributed by atoms with Crippen molar-refractivity contribution in [3.05, 3.63) is 57.4 Å². The zero-order valence-electron chi connectivity index (χ0n) is 19.7. The molecule has 0 bridgehead atoms. The van der Waals surface area contributed by atoms with E-state index in [0.717, 1.165) is 47.0 Å². The molecule has 1 saturated heterocycles. The lowest BCUT2D eigenvalue weighted by molar-refractivity contribution is 0.127. The van der Waals surface area contributed by atoms with E-state index in [1.807, 2.05) is 30.3 Å². The van der Waals surface area contributed by atoms with Gasteiger partial charge in [-0.3, -0.25) is 14.3 Å². The molecule has 2 aliphatic heterocycles. The largest absolute Gasteiger partial charge is 0.494 e. The number of aromatic nitrogens is 3. The predicted molar refractivity (Wildman–Crippen MR) is 137 cm³/mol. The molecule has 1 N–H and O–H groups in total. The second kappa shape index (κ2) is 8.69. The minimum atomic E-state index is -0.368. The lowest BCUT2D eigenvalue weighted by atomic mass is 10.0. The van der Waals surface area contributed by atoms with Gasteiger partial charge in [0, 0.05) is 43.8 Å². The number of hydrogen-bond acceptors (Lipinski definition) is 8. The summed E-state index contributed by atoms with van der Waals surface area (Å²) < 4.78 is 13.5. The number of thiophene rings is 1. The van der Waals surface area contributed by atoms with Crippen molar-refractivity contribution in [3.63, 3.8) is 0 Å². The molecular formula is C25H27N5O4S. The molecule has 6 rings (SSSR count). The van der Waals surface area contributed by atoms with Crippen molar-refractivity contribution in [2.24, 2.45) is 0 Å². The summed E-state index contributed by atoms with van der Waals surface area (Å²) >= 11 is 1.33. The summed E-state index contributed by atoms with van der Waals surface area (Å²) in [5, 5.41) is 0.813. The SMILES string of the molecule is COc1cccc2c1N1CCN(C(C)CCn3c(=O)[nH]c4c(sc5ncccc54)c3=O)CC1CO2. The van der Waals surface area contributed by atoms with Crippen LogP contribution in [-0.4, -0.2) is 64.9 Å². The van der Waals surface area contributed by atoms with Gasteiger partial charge >= 0.3 is 5.69 Å². The van der Waals surface area contributed by atoms with Gasteiger partial charge in [0.05, 0.1) is 18.7 Å². The van der Waals surface area contributed by atoms with E-state index in [2.05, 4.69) is 26.7 Å². The summed E-state index contributed by atoms with van der Waals surface area (Å²) in [6.45, 7) is 5.76. The zero-order chi connectivity index (χ0) is 24.1. The number of fused-ring (bicyclic) bond motifs is 6. The van der Waals surface area contributed by atoms with E-state index in [-0.39, 0.29) is 23.3 Å². The van der Waals surface area contributed by atoms with Crippen molar-refractivity contribution < 1.29 is 9.47 Å². The molecule has 3 aromatic heterocycles. The van der Waals surface area contributed by atoms with E-state index >= 15 is 0 Å². The number of benzene rings is 1. The maximum absolute atomic E-state index is 13.1. The number of H-pyrrole nitrogens is 1. The quantitative estimate of drug-likeness (QED) is 0.457. The number of rotatable bonds is 5. The Bertz CT molecular complexity index is 1510. The minimum absolute atomic E-state index is 0.210. The Morgan fingerprint density at radius 3 is 3.00 bits per heavy atom. The van der Waals surface area contributed by atoms with Crippen LogP contribution >= 0.6 is 11.3 Å². The van der Waals surface area contributed by atoms with Crippen LogP contribution in [0.4, 0.5) is 5.69 Å². The molecule has 4 aromatic rings. The molecule has 35 heavy (non-hydrogen) atoms. The first kappa shape index (κ1) is 22.1. The van der Waals surface area contributed by atoms with Gasteiger partial charge in [-0.2, -0.15) is 0 Å². The van der Waals surface area contributed by atoms with Gasteiger partial charge in [-0.05, 0) is 37.6 Å². The minimum Gasteiger partial charge on any atom is -0.494 e. The molecule has 2 atom stereocenters. The van der Waals surface area contributed by atoms with Crippen molar-refractivity contribution in [3.8, 4) is 11.5 Å². The molecule has 0 amide bonds. The summed E-state index contributed by atoms with van der Waals surface area (Å²) in [6.07, 6.45) is 2.40. The van der Waals surface area contributed by atoms with Crippen LogP contribution in [0, 0.1) is 0 Å². The number of ether oxygens (including phenoxy) is 2. The Kier molecular flexibility index (Phi) is 5.49. The number of methoxy groups -OCH3 is 1. The lowest BCUT2D eigenvalue weighted by Crippen LogP contribution is -2.59. The number of pyridine rings is 1. The molecule has 2 unspecified atom stereocenters. The highest BCUT2D eigenvalue weighted by atomic mass is 32.1. The molecule has 0 aliphatic carbocycles. The Labute approximate surface area is 205 Å². The third-order valence-corrected chi connectivity index (χ3v) is 8.29. The summed E-state index contributed by atoms with van der Waals surface area (Å²) in [6, 6.07) is 10.0. The molecule has 0 radical (unpaired) electrons. The van der Waals surface area contributed by atoms with E-state index in [1.165, 1.54) is 15.9 Å². The number of para-hydroxylation sites is 1. The van der Waals surface area contributed by atoms with Gasteiger partial charge in [-0.25, -0.2) is 9.78 Å². The predicted octanol–water partition coefficient (Wildman–Crippen LogP) is 2.67. The number of nitrogens with zero attached hydrogens (tertiary/aromatic N) is 4. The van der Waals surface area contributed by atoms with Crippen molar-refractivity contribution >= 4 is 37.5 Å². The average molecular weight is 494 g/mol. The summed E-state index contributed by atoms with van der Waals surface area (Å²) in [5.41, 5.74) is 1.00. The van der Waals surface area contributed by atoms with Crippen molar-refractivity contribution in [1.82, 2.24) is 19.4 Å². The number of nitrogens with one attached hydrogen (secondary N) is 1. The lowest BCUT2D eigenvalue weighted by Gasteiger charge is -2.47. The average Bonchev–Trinajstić information content (AvgIpc) is 3.26. The van der Waals surface area contributed by atoms with Crippen molar-refractivity contribution in [2.45, 2.75) is 32.0 Å². The fourth-order valence-electron chi connectivity index (χ4n) is 5.27. The normalized spacial score (nSPS) is 18.8. The third kappa shape index (κ3) is 3.68. The summed E-state index contributed by atoms with van der Waals surface area (Å²) in [5.74, 6) is 1.70. The number of piperazine rings is 1. The van der Waals surface area contributed by atoms with Crippen molar-refractivity contribution in [1.29, 1.82) is 0 Å². The van der Waals surface area contributed by atoms with Gasteiger partial charge in [0.1, 0.15) is 33.3 Å². The topological polar surface area (TPSA) is 92.7 Å². The molecule has 9 nitrogen and oxygen atoms in total. The van der Waals surface area contributed by atoms with E-state index in [0.29, 0.717) is 29.8 Å². The van der Waals surface area contributed by atoms with Crippen LogP contribution in [0.25, 0.3) is 20.4 Å². The van der Waals surface area contributed by atoms with Gasteiger partial charge < -0.3 is 19.4 Å². The van der Waals surface area contributed by atoms with E-state index in [1.54, 1.807) is 13.3 Å². The van der Waals surface area contributed by atoms with Crippen LogP contribution in [-0.2, 0) is 6.54 Å². The maximum Gasteiger partial charge on any atom is 0.328 e. The molecule has 5 heterocycles. The van der Waals surface area contributed by atoms with Crippen LogP contribution in [0.2, 0.25) is 0 Å². The molecule has 0 spiro atoms. The number of anilines is 1. The molecular weight excluding hydrogens is 466 g/mol. The van der Waals surface area contributed by atoms with Gasteiger partial charge in [0.15, 0.2) is 0 Å². The van der Waals surface area contributed by atoms with Crippen LogP contribution < -0.4 is 25.6 Å². The fourth-order valence-corrected chi connectivity index (χ4v) is 6.31. The molecule has 1 fully saturated rings. The first-order valence-corrected chi connectivity index (χ1v) is 12.7. The maximum atomic E-state index is 13.1. The second-order valence-corrected chi connectivity index (χ2v) is 10.1.